The maximum atomic E-state index is 11.9. The average Bonchev–Trinajstić information content (AvgIpc) is 2.90. The van der Waals surface area contributed by atoms with Crippen LogP contribution in [0.5, 0.6) is 0 Å². The maximum Gasteiger partial charge on any atom is 0.329 e. The second kappa shape index (κ2) is 5.30. The van der Waals surface area contributed by atoms with E-state index in [0.717, 1.165) is 6.42 Å². The molecule has 88 valence electrons. The Balaban J connectivity index is 1.90. The van der Waals surface area contributed by atoms with Gasteiger partial charge in [-0.25, -0.2) is 9.78 Å². The third-order valence-corrected chi connectivity index (χ3v) is 2.63. The number of likely N-dealkylation sites (N-methyl/N-ethyl adjacent to an activating group) is 1. The van der Waals surface area contributed by atoms with E-state index >= 15 is 0 Å². The molecule has 0 N–H and O–H groups in total. The van der Waals surface area contributed by atoms with Gasteiger partial charge in [-0.15, -0.1) is 0 Å². The van der Waals surface area contributed by atoms with Crippen LogP contribution in [0.15, 0.2) is 49.1 Å². The second-order valence-electron chi connectivity index (χ2n) is 3.91. The largest absolute Gasteiger partial charge is 0.329 e. The van der Waals surface area contributed by atoms with Gasteiger partial charge in [0.1, 0.15) is 6.33 Å². The van der Waals surface area contributed by atoms with E-state index in [1.165, 1.54) is 16.5 Å². The quantitative estimate of drug-likeness (QED) is 0.807. The minimum Gasteiger partial charge on any atom is -0.327 e. The molecular formula is C13H15N3O. The molecule has 1 heterocycles. The van der Waals surface area contributed by atoms with Crippen LogP contribution in [-0.2, 0) is 6.42 Å². The highest BCUT2D eigenvalue weighted by Crippen LogP contribution is 2.01. The van der Waals surface area contributed by atoms with Gasteiger partial charge in [0, 0.05) is 26.0 Å². The lowest BCUT2D eigenvalue weighted by atomic mass is 10.1. The number of imidazole rings is 1. The summed E-state index contributed by atoms with van der Waals surface area (Å²) in [4.78, 5) is 17.4. The summed E-state index contributed by atoms with van der Waals surface area (Å²) in [7, 11) is 1.80. The number of nitrogens with zero attached hydrogens (tertiary/aromatic N) is 3. The lowest BCUT2D eigenvalue weighted by Crippen LogP contribution is -2.32. The number of rotatable bonds is 3. The predicted octanol–water partition coefficient (Wildman–Crippen LogP) is 2.03. The standard InChI is InChI=1S/C13H15N3O/c1-15(13(17)16-10-8-14-11-16)9-7-12-5-3-2-4-6-12/h2-6,8,10-11H,7,9H2,1H3. The van der Waals surface area contributed by atoms with E-state index in [-0.39, 0.29) is 6.03 Å². The zero-order valence-corrected chi connectivity index (χ0v) is 9.78. The summed E-state index contributed by atoms with van der Waals surface area (Å²) in [6, 6.07) is 10.1. The van der Waals surface area contributed by atoms with E-state index in [0.29, 0.717) is 6.54 Å². The summed E-state index contributed by atoms with van der Waals surface area (Å²) in [6.07, 6.45) is 5.63. The molecule has 1 aromatic carbocycles. The van der Waals surface area contributed by atoms with Crippen molar-refractivity contribution in [2.75, 3.05) is 13.6 Å². The van der Waals surface area contributed by atoms with Crippen molar-refractivity contribution in [2.45, 2.75) is 6.42 Å². The first-order valence-corrected chi connectivity index (χ1v) is 5.55. The Morgan fingerprint density at radius 3 is 2.76 bits per heavy atom. The highest BCUT2D eigenvalue weighted by molar-refractivity contribution is 5.76. The highest BCUT2D eigenvalue weighted by atomic mass is 16.2. The molecule has 0 aliphatic heterocycles. The fourth-order valence-corrected chi connectivity index (χ4v) is 1.61. The molecule has 0 saturated carbocycles. The molecular weight excluding hydrogens is 214 g/mol. The van der Waals surface area contributed by atoms with Crippen molar-refractivity contribution in [3.05, 3.63) is 54.6 Å². The van der Waals surface area contributed by atoms with Crippen LogP contribution in [0.1, 0.15) is 5.56 Å². The molecule has 17 heavy (non-hydrogen) atoms. The van der Waals surface area contributed by atoms with Gasteiger partial charge in [-0.3, -0.25) is 4.57 Å². The van der Waals surface area contributed by atoms with Crippen molar-refractivity contribution >= 4 is 6.03 Å². The lowest BCUT2D eigenvalue weighted by molar-refractivity contribution is 0.211. The third kappa shape index (κ3) is 2.93. The molecule has 0 saturated heterocycles. The minimum absolute atomic E-state index is 0.0570. The average molecular weight is 229 g/mol. The van der Waals surface area contributed by atoms with Crippen molar-refractivity contribution in [1.29, 1.82) is 0 Å². The third-order valence-electron chi connectivity index (χ3n) is 2.63. The molecule has 0 aliphatic rings. The molecule has 0 aliphatic carbocycles. The molecule has 4 heteroatoms. The van der Waals surface area contributed by atoms with E-state index < -0.39 is 0 Å². The first-order valence-electron chi connectivity index (χ1n) is 5.55. The molecule has 0 unspecified atom stereocenters. The fraction of sp³-hybridized carbons (Fsp3) is 0.231. The molecule has 2 aromatic rings. The van der Waals surface area contributed by atoms with E-state index in [9.17, 15) is 4.79 Å². The maximum absolute atomic E-state index is 11.9. The van der Waals surface area contributed by atoms with Crippen molar-refractivity contribution in [1.82, 2.24) is 14.5 Å². The molecule has 2 rings (SSSR count). The second-order valence-corrected chi connectivity index (χ2v) is 3.91. The van der Waals surface area contributed by atoms with Gasteiger partial charge < -0.3 is 4.90 Å². The Morgan fingerprint density at radius 2 is 2.12 bits per heavy atom. The van der Waals surface area contributed by atoms with E-state index in [4.69, 9.17) is 0 Å². The van der Waals surface area contributed by atoms with Gasteiger partial charge in [-0.1, -0.05) is 30.3 Å². The summed E-state index contributed by atoms with van der Waals surface area (Å²) in [5.41, 5.74) is 1.23. The van der Waals surface area contributed by atoms with Gasteiger partial charge >= 0.3 is 6.03 Å². The number of carbonyl (C=O) groups is 1. The molecule has 0 atom stereocenters. The van der Waals surface area contributed by atoms with E-state index in [1.807, 2.05) is 18.2 Å². The number of amides is 1. The summed E-state index contributed by atoms with van der Waals surface area (Å²) in [6.45, 7) is 0.695. The summed E-state index contributed by atoms with van der Waals surface area (Å²) in [5, 5.41) is 0. The zero-order valence-electron chi connectivity index (χ0n) is 9.78. The number of carbonyl (C=O) groups excluding carboxylic acids is 1. The number of benzene rings is 1. The SMILES string of the molecule is CN(CCc1ccccc1)C(=O)n1ccnc1. The molecule has 0 spiro atoms. The number of hydrogen-bond acceptors (Lipinski definition) is 2. The molecule has 0 radical (unpaired) electrons. The van der Waals surface area contributed by atoms with Crippen molar-refractivity contribution in [3.63, 3.8) is 0 Å². The van der Waals surface area contributed by atoms with E-state index in [1.54, 1.807) is 24.3 Å². The van der Waals surface area contributed by atoms with Crippen LogP contribution in [0.2, 0.25) is 0 Å². The van der Waals surface area contributed by atoms with Gasteiger partial charge in [0.2, 0.25) is 0 Å². The predicted molar refractivity (Wildman–Crippen MR) is 65.8 cm³/mol. The van der Waals surface area contributed by atoms with Crippen LogP contribution < -0.4 is 0 Å². The van der Waals surface area contributed by atoms with Crippen molar-refractivity contribution in [2.24, 2.45) is 0 Å². The summed E-state index contributed by atoms with van der Waals surface area (Å²) < 4.78 is 1.48. The van der Waals surface area contributed by atoms with Gasteiger partial charge in [-0.2, -0.15) is 0 Å². The topological polar surface area (TPSA) is 38.1 Å². The fourth-order valence-electron chi connectivity index (χ4n) is 1.61. The molecule has 1 aromatic heterocycles. The molecule has 4 nitrogen and oxygen atoms in total. The Hall–Kier alpha value is -2.10. The van der Waals surface area contributed by atoms with Crippen LogP contribution in [0, 0.1) is 0 Å². The molecule has 0 bridgehead atoms. The Labute approximate surface area is 101 Å². The smallest absolute Gasteiger partial charge is 0.327 e. The van der Waals surface area contributed by atoms with Crippen LogP contribution in [0.3, 0.4) is 0 Å². The monoisotopic (exact) mass is 229 g/mol. The Morgan fingerprint density at radius 1 is 1.35 bits per heavy atom. The van der Waals surface area contributed by atoms with Crippen molar-refractivity contribution in [3.8, 4) is 0 Å². The van der Waals surface area contributed by atoms with E-state index in [2.05, 4.69) is 17.1 Å². The zero-order chi connectivity index (χ0) is 12.1. The van der Waals surface area contributed by atoms with Crippen LogP contribution in [-0.4, -0.2) is 34.1 Å². The Bertz CT molecular complexity index is 465. The first-order chi connectivity index (χ1) is 8.27. The minimum atomic E-state index is -0.0570. The summed E-state index contributed by atoms with van der Waals surface area (Å²) >= 11 is 0. The van der Waals surface area contributed by atoms with Crippen LogP contribution in [0.4, 0.5) is 4.79 Å². The lowest BCUT2D eigenvalue weighted by Gasteiger charge is -2.16. The molecule has 1 amide bonds. The van der Waals surface area contributed by atoms with Gasteiger partial charge in [0.05, 0.1) is 0 Å². The van der Waals surface area contributed by atoms with Gasteiger partial charge in [0.15, 0.2) is 0 Å². The normalized spacial score (nSPS) is 10.2. The summed E-state index contributed by atoms with van der Waals surface area (Å²) in [5.74, 6) is 0. The van der Waals surface area contributed by atoms with Crippen molar-refractivity contribution < 1.29 is 4.79 Å². The Kier molecular flexibility index (Phi) is 3.55. The first kappa shape index (κ1) is 11.4. The number of aromatic nitrogens is 2. The van der Waals surface area contributed by atoms with Gasteiger partial charge in [0.25, 0.3) is 0 Å². The van der Waals surface area contributed by atoms with Gasteiger partial charge in [-0.05, 0) is 12.0 Å². The van der Waals surface area contributed by atoms with Crippen LogP contribution in [0.25, 0.3) is 0 Å². The van der Waals surface area contributed by atoms with Crippen LogP contribution >= 0.6 is 0 Å². The highest BCUT2D eigenvalue weighted by Gasteiger charge is 2.09. The number of hydrogen-bond donors (Lipinski definition) is 0. The molecule has 0 fully saturated rings.